The number of halogens is 1. The van der Waals surface area contributed by atoms with Gasteiger partial charge < -0.3 is 9.73 Å². The summed E-state index contributed by atoms with van der Waals surface area (Å²) in [5.74, 6) is 1.21. The second-order valence-electron chi connectivity index (χ2n) is 3.50. The van der Waals surface area contributed by atoms with Crippen molar-refractivity contribution in [1.82, 2.24) is 5.32 Å². The number of hydrogen-bond donors (Lipinski definition) is 1. The molecule has 1 amide bonds. The van der Waals surface area contributed by atoms with Crippen LogP contribution in [-0.2, 0) is 0 Å². The lowest BCUT2D eigenvalue weighted by molar-refractivity contribution is 0.0934. The highest BCUT2D eigenvalue weighted by Gasteiger charge is 2.13. The van der Waals surface area contributed by atoms with Gasteiger partial charge in [0.15, 0.2) is 0 Å². The maximum atomic E-state index is 11.7. The summed E-state index contributed by atoms with van der Waals surface area (Å²) in [5.41, 5.74) is 0.570. The Balaban J connectivity index is 2.54. The van der Waals surface area contributed by atoms with Gasteiger partial charge in [0, 0.05) is 11.9 Å². The highest BCUT2D eigenvalue weighted by Crippen LogP contribution is 2.07. The van der Waals surface area contributed by atoms with Crippen LogP contribution in [0.25, 0.3) is 0 Å². The van der Waals surface area contributed by atoms with Crippen molar-refractivity contribution in [2.45, 2.75) is 32.7 Å². The van der Waals surface area contributed by atoms with Crippen LogP contribution in [0.15, 0.2) is 16.7 Å². The van der Waals surface area contributed by atoms with Crippen molar-refractivity contribution in [1.29, 1.82) is 0 Å². The predicted octanol–water partition coefficient (Wildman–Crippen LogP) is 2.73. The molecule has 4 heteroatoms. The third-order valence-corrected chi connectivity index (χ3v) is 2.50. The van der Waals surface area contributed by atoms with Gasteiger partial charge in [-0.3, -0.25) is 4.79 Å². The molecule has 1 atom stereocenters. The molecule has 0 radical (unpaired) electrons. The van der Waals surface area contributed by atoms with E-state index in [4.69, 9.17) is 16.0 Å². The molecule has 3 nitrogen and oxygen atoms in total. The van der Waals surface area contributed by atoms with E-state index in [1.54, 1.807) is 6.07 Å². The number of furan rings is 1. The summed E-state index contributed by atoms with van der Waals surface area (Å²) in [7, 11) is 0. The normalized spacial score (nSPS) is 12.5. The van der Waals surface area contributed by atoms with E-state index in [0.717, 1.165) is 18.6 Å². The van der Waals surface area contributed by atoms with Gasteiger partial charge in [-0.25, -0.2) is 0 Å². The third-order valence-electron chi connectivity index (χ3n) is 2.28. The Hall–Kier alpha value is -0.960. The van der Waals surface area contributed by atoms with Gasteiger partial charge in [0.2, 0.25) is 0 Å². The summed E-state index contributed by atoms with van der Waals surface area (Å²) < 4.78 is 5.07. The van der Waals surface area contributed by atoms with E-state index < -0.39 is 0 Å². The molecule has 0 aliphatic carbocycles. The first kappa shape index (κ1) is 12.1. The molecule has 0 aliphatic heterocycles. The lowest BCUT2D eigenvalue weighted by Crippen LogP contribution is -2.34. The van der Waals surface area contributed by atoms with Crippen LogP contribution in [0, 0.1) is 6.92 Å². The largest absolute Gasteiger partial charge is 0.469 e. The number of carbonyl (C=O) groups is 1. The standard InChI is InChI=1S/C11H16ClNO2/c1-3-10(4-5-12)13-11(14)9-6-8(2)15-7-9/h6-7,10H,3-5H2,1-2H3,(H,13,14). The van der Waals surface area contributed by atoms with E-state index >= 15 is 0 Å². The number of aryl methyl sites for hydroxylation is 1. The molecule has 0 saturated heterocycles. The van der Waals surface area contributed by atoms with Crippen molar-refractivity contribution in [3.05, 3.63) is 23.7 Å². The average Bonchev–Trinajstić information content (AvgIpc) is 2.64. The summed E-state index contributed by atoms with van der Waals surface area (Å²) in [6.07, 6.45) is 3.15. The van der Waals surface area contributed by atoms with Crippen molar-refractivity contribution in [3.8, 4) is 0 Å². The molecule has 0 spiro atoms. The molecule has 15 heavy (non-hydrogen) atoms. The van der Waals surface area contributed by atoms with Crippen LogP contribution in [-0.4, -0.2) is 17.8 Å². The molecule has 0 fully saturated rings. The molecular weight excluding hydrogens is 214 g/mol. The molecule has 1 unspecified atom stereocenters. The fourth-order valence-corrected chi connectivity index (χ4v) is 1.60. The molecule has 1 rings (SSSR count). The highest BCUT2D eigenvalue weighted by molar-refractivity contribution is 6.17. The van der Waals surface area contributed by atoms with Crippen LogP contribution in [0.4, 0.5) is 0 Å². The lowest BCUT2D eigenvalue weighted by Gasteiger charge is -2.14. The Kier molecular flexibility index (Phi) is 4.69. The topological polar surface area (TPSA) is 42.2 Å². The van der Waals surface area contributed by atoms with Crippen LogP contribution >= 0.6 is 11.6 Å². The van der Waals surface area contributed by atoms with Gasteiger partial charge in [-0.05, 0) is 25.8 Å². The minimum atomic E-state index is -0.0937. The monoisotopic (exact) mass is 229 g/mol. The molecule has 0 aromatic carbocycles. The SMILES string of the molecule is CCC(CCCl)NC(=O)c1coc(C)c1. The average molecular weight is 230 g/mol. The van der Waals surface area contributed by atoms with Crippen LogP contribution in [0.1, 0.15) is 35.9 Å². The van der Waals surface area contributed by atoms with E-state index in [9.17, 15) is 4.79 Å². The number of hydrogen-bond acceptors (Lipinski definition) is 2. The van der Waals surface area contributed by atoms with Crippen molar-refractivity contribution in [2.24, 2.45) is 0 Å². The maximum Gasteiger partial charge on any atom is 0.254 e. The maximum absolute atomic E-state index is 11.7. The van der Waals surface area contributed by atoms with Crippen molar-refractivity contribution >= 4 is 17.5 Å². The Labute approximate surface area is 94.8 Å². The van der Waals surface area contributed by atoms with Crippen LogP contribution in [0.5, 0.6) is 0 Å². The molecule has 1 aromatic rings. The van der Waals surface area contributed by atoms with Crippen LogP contribution in [0.3, 0.4) is 0 Å². The molecule has 0 bridgehead atoms. The van der Waals surface area contributed by atoms with Crippen LogP contribution in [0.2, 0.25) is 0 Å². The first-order chi connectivity index (χ1) is 7.17. The van der Waals surface area contributed by atoms with Gasteiger partial charge in [0.1, 0.15) is 12.0 Å². The van der Waals surface area contributed by atoms with Gasteiger partial charge in [-0.2, -0.15) is 0 Å². The van der Waals surface area contributed by atoms with Gasteiger partial charge in [0.05, 0.1) is 5.56 Å². The first-order valence-electron chi connectivity index (χ1n) is 5.09. The molecule has 1 aromatic heterocycles. The van der Waals surface area contributed by atoms with Crippen molar-refractivity contribution in [3.63, 3.8) is 0 Å². The minimum Gasteiger partial charge on any atom is -0.469 e. The third kappa shape index (κ3) is 3.59. The lowest BCUT2D eigenvalue weighted by atomic mass is 10.1. The summed E-state index contributed by atoms with van der Waals surface area (Å²) in [5, 5.41) is 2.91. The molecule has 1 heterocycles. The second kappa shape index (κ2) is 5.81. The van der Waals surface area contributed by atoms with Gasteiger partial charge >= 0.3 is 0 Å². The fraction of sp³-hybridized carbons (Fsp3) is 0.545. The number of nitrogens with one attached hydrogen (secondary N) is 1. The predicted molar refractivity (Wildman–Crippen MR) is 60.3 cm³/mol. The van der Waals surface area contributed by atoms with Crippen LogP contribution < -0.4 is 5.32 Å². The van der Waals surface area contributed by atoms with E-state index in [-0.39, 0.29) is 11.9 Å². The van der Waals surface area contributed by atoms with Gasteiger partial charge in [0.25, 0.3) is 5.91 Å². The first-order valence-corrected chi connectivity index (χ1v) is 5.62. The van der Waals surface area contributed by atoms with Gasteiger partial charge in [-0.15, -0.1) is 11.6 Å². The smallest absolute Gasteiger partial charge is 0.254 e. The summed E-state index contributed by atoms with van der Waals surface area (Å²) >= 11 is 5.64. The Morgan fingerprint density at radius 2 is 2.40 bits per heavy atom. The van der Waals surface area contributed by atoms with E-state index in [0.29, 0.717) is 11.4 Å². The van der Waals surface area contributed by atoms with E-state index in [1.165, 1.54) is 6.26 Å². The Bertz CT molecular complexity index is 322. The molecule has 0 saturated carbocycles. The summed E-state index contributed by atoms with van der Waals surface area (Å²) in [4.78, 5) is 11.7. The van der Waals surface area contributed by atoms with Crippen molar-refractivity contribution < 1.29 is 9.21 Å². The van der Waals surface area contributed by atoms with Gasteiger partial charge in [-0.1, -0.05) is 6.92 Å². The fourth-order valence-electron chi connectivity index (χ4n) is 1.34. The quantitative estimate of drug-likeness (QED) is 0.789. The number of rotatable bonds is 5. The molecular formula is C11H16ClNO2. The zero-order valence-corrected chi connectivity index (χ0v) is 9.80. The highest BCUT2D eigenvalue weighted by atomic mass is 35.5. The Morgan fingerprint density at radius 3 is 2.87 bits per heavy atom. The molecule has 0 aliphatic rings. The minimum absolute atomic E-state index is 0.0937. The van der Waals surface area contributed by atoms with E-state index in [2.05, 4.69) is 5.32 Å². The summed E-state index contributed by atoms with van der Waals surface area (Å²) in [6, 6.07) is 1.87. The van der Waals surface area contributed by atoms with E-state index in [1.807, 2.05) is 13.8 Å². The zero-order valence-electron chi connectivity index (χ0n) is 9.05. The summed E-state index contributed by atoms with van der Waals surface area (Å²) in [6.45, 7) is 3.84. The second-order valence-corrected chi connectivity index (χ2v) is 3.88. The zero-order chi connectivity index (χ0) is 11.3. The van der Waals surface area contributed by atoms with Crippen molar-refractivity contribution in [2.75, 3.05) is 5.88 Å². The number of carbonyl (C=O) groups excluding carboxylic acids is 1. The number of alkyl halides is 1. The number of amides is 1. The molecule has 84 valence electrons. The Morgan fingerprint density at radius 1 is 1.67 bits per heavy atom. The molecule has 1 N–H and O–H groups in total.